The summed E-state index contributed by atoms with van der Waals surface area (Å²) in [5, 5.41) is 24.1. The average Bonchev–Trinajstić information content (AvgIpc) is 2.97. The van der Waals surface area contributed by atoms with E-state index in [4.69, 9.17) is 5.11 Å². The van der Waals surface area contributed by atoms with Crippen LogP contribution in [0.15, 0.2) is 12.1 Å². The fourth-order valence-electron chi connectivity index (χ4n) is 1.98. The number of rotatable bonds is 2. The zero-order valence-corrected chi connectivity index (χ0v) is 8.89. The maximum atomic E-state index is 10.9. The number of fused-ring (bicyclic) bond motifs is 1. The van der Waals surface area contributed by atoms with Crippen LogP contribution in [0.4, 0.5) is 5.82 Å². The second kappa shape index (κ2) is 3.65. The molecule has 0 aliphatic carbocycles. The molecule has 3 heterocycles. The van der Waals surface area contributed by atoms with Crippen molar-refractivity contribution in [3.63, 3.8) is 0 Å². The van der Waals surface area contributed by atoms with Gasteiger partial charge in [0, 0.05) is 13.1 Å². The van der Waals surface area contributed by atoms with Gasteiger partial charge in [0.1, 0.15) is 0 Å². The molecule has 17 heavy (non-hydrogen) atoms. The number of hydrogen-bond donors (Lipinski definition) is 1. The molecule has 1 N–H and O–H groups in total. The second-order valence-corrected chi connectivity index (χ2v) is 3.99. The zero-order chi connectivity index (χ0) is 11.8. The van der Waals surface area contributed by atoms with Crippen LogP contribution in [0, 0.1) is 5.92 Å². The van der Waals surface area contributed by atoms with Crippen LogP contribution in [-0.2, 0) is 4.79 Å². The van der Waals surface area contributed by atoms with Crippen LogP contribution in [0.5, 0.6) is 0 Å². The SMILES string of the molecule is O=C(O)C1CCN(c2ccc3nnnn3n2)C1. The quantitative estimate of drug-likeness (QED) is 0.743. The number of tetrazole rings is 1. The molecule has 3 rings (SSSR count). The molecule has 1 aliphatic rings. The van der Waals surface area contributed by atoms with Crippen molar-refractivity contribution in [2.75, 3.05) is 18.0 Å². The molecule has 1 atom stereocenters. The Balaban J connectivity index is 1.87. The largest absolute Gasteiger partial charge is 0.481 e. The lowest BCUT2D eigenvalue weighted by Crippen LogP contribution is -2.24. The van der Waals surface area contributed by atoms with E-state index in [0.29, 0.717) is 31.0 Å². The highest BCUT2D eigenvalue weighted by Crippen LogP contribution is 2.21. The fraction of sp³-hybridized carbons (Fsp3) is 0.444. The highest BCUT2D eigenvalue weighted by atomic mass is 16.4. The summed E-state index contributed by atoms with van der Waals surface area (Å²) in [4.78, 5) is 12.8. The third kappa shape index (κ3) is 1.67. The molecule has 0 spiro atoms. The third-order valence-electron chi connectivity index (χ3n) is 2.92. The molecule has 1 aliphatic heterocycles. The van der Waals surface area contributed by atoms with Gasteiger partial charge in [0.05, 0.1) is 5.92 Å². The van der Waals surface area contributed by atoms with Gasteiger partial charge in [0.25, 0.3) is 0 Å². The van der Waals surface area contributed by atoms with Crippen molar-refractivity contribution >= 4 is 17.4 Å². The van der Waals surface area contributed by atoms with Crippen LogP contribution < -0.4 is 4.90 Å². The Morgan fingerprint density at radius 1 is 1.47 bits per heavy atom. The third-order valence-corrected chi connectivity index (χ3v) is 2.92. The molecule has 0 amide bonds. The van der Waals surface area contributed by atoms with Gasteiger partial charge in [-0.2, -0.15) is 0 Å². The van der Waals surface area contributed by atoms with Crippen molar-refractivity contribution in [2.24, 2.45) is 5.92 Å². The van der Waals surface area contributed by atoms with Gasteiger partial charge in [0.2, 0.25) is 0 Å². The summed E-state index contributed by atoms with van der Waals surface area (Å²) in [6.45, 7) is 1.17. The molecule has 8 nitrogen and oxygen atoms in total. The van der Waals surface area contributed by atoms with Crippen molar-refractivity contribution in [1.82, 2.24) is 25.3 Å². The molecule has 2 aromatic heterocycles. The smallest absolute Gasteiger partial charge is 0.308 e. The topological polar surface area (TPSA) is 96.5 Å². The Hall–Kier alpha value is -2.25. The number of carboxylic acid groups (broad SMARTS) is 1. The van der Waals surface area contributed by atoms with Gasteiger partial charge in [-0.3, -0.25) is 4.79 Å². The number of aromatic nitrogens is 5. The van der Waals surface area contributed by atoms with E-state index >= 15 is 0 Å². The van der Waals surface area contributed by atoms with Crippen LogP contribution >= 0.6 is 0 Å². The first-order chi connectivity index (χ1) is 8.24. The standard InChI is InChI=1S/C9H10N6O2/c16-9(17)6-3-4-14(5-6)8-2-1-7-10-12-13-15(7)11-8/h1-2,6H,3-5H2,(H,16,17). The maximum absolute atomic E-state index is 10.9. The molecule has 1 fully saturated rings. The molecule has 1 saturated heterocycles. The Bertz CT molecular complexity index is 567. The van der Waals surface area contributed by atoms with Gasteiger partial charge < -0.3 is 10.0 Å². The number of carbonyl (C=O) groups is 1. The summed E-state index contributed by atoms with van der Waals surface area (Å²) in [6, 6.07) is 3.56. The maximum Gasteiger partial charge on any atom is 0.308 e. The predicted molar refractivity (Wildman–Crippen MR) is 56.5 cm³/mol. The summed E-state index contributed by atoms with van der Waals surface area (Å²) in [7, 11) is 0. The Labute approximate surface area is 95.8 Å². The minimum Gasteiger partial charge on any atom is -0.481 e. The van der Waals surface area contributed by atoms with Gasteiger partial charge in [-0.05, 0) is 29.0 Å². The molecule has 2 aromatic rings. The van der Waals surface area contributed by atoms with Crippen LogP contribution in [-0.4, -0.2) is 49.4 Å². The normalized spacial score (nSPS) is 20.0. The summed E-state index contributed by atoms with van der Waals surface area (Å²) in [6.07, 6.45) is 0.644. The van der Waals surface area contributed by atoms with Crippen molar-refractivity contribution in [2.45, 2.75) is 6.42 Å². The second-order valence-electron chi connectivity index (χ2n) is 3.99. The molecule has 0 radical (unpaired) electrons. The summed E-state index contributed by atoms with van der Waals surface area (Å²) in [5.74, 6) is -0.370. The number of nitrogens with zero attached hydrogens (tertiary/aromatic N) is 6. The Kier molecular flexibility index (Phi) is 2.13. The molecule has 1 unspecified atom stereocenters. The van der Waals surface area contributed by atoms with E-state index in [1.54, 1.807) is 12.1 Å². The minimum atomic E-state index is -0.754. The molecular weight excluding hydrogens is 224 g/mol. The van der Waals surface area contributed by atoms with Crippen LogP contribution in [0.1, 0.15) is 6.42 Å². The van der Waals surface area contributed by atoms with Gasteiger partial charge in [-0.1, -0.05) is 0 Å². The lowest BCUT2D eigenvalue weighted by Gasteiger charge is -2.15. The first kappa shape index (κ1) is 9.94. The fourth-order valence-corrected chi connectivity index (χ4v) is 1.98. The first-order valence-corrected chi connectivity index (χ1v) is 5.27. The van der Waals surface area contributed by atoms with E-state index < -0.39 is 5.97 Å². The van der Waals surface area contributed by atoms with Gasteiger partial charge in [-0.15, -0.1) is 14.8 Å². The average molecular weight is 234 g/mol. The molecule has 0 saturated carbocycles. The summed E-state index contributed by atoms with van der Waals surface area (Å²) in [5.41, 5.74) is 0.572. The number of carboxylic acids is 1. The molecule has 0 aromatic carbocycles. The highest BCUT2D eigenvalue weighted by molar-refractivity contribution is 5.71. The van der Waals surface area contributed by atoms with Gasteiger partial charge in [-0.25, -0.2) is 0 Å². The van der Waals surface area contributed by atoms with E-state index in [-0.39, 0.29) is 5.92 Å². The lowest BCUT2D eigenvalue weighted by atomic mass is 10.1. The molecule has 8 heteroatoms. The van der Waals surface area contributed by atoms with Crippen molar-refractivity contribution < 1.29 is 9.90 Å². The summed E-state index contributed by atoms with van der Waals surface area (Å²) >= 11 is 0. The van der Waals surface area contributed by atoms with Gasteiger partial charge in [0.15, 0.2) is 11.5 Å². The molecule has 0 bridgehead atoms. The Morgan fingerprint density at radius 2 is 2.35 bits per heavy atom. The van der Waals surface area contributed by atoms with Crippen molar-refractivity contribution in [1.29, 1.82) is 0 Å². The lowest BCUT2D eigenvalue weighted by molar-refractivity contribution is -0.140. The van der Waals surface area contributed by atoms with Crippen LogP contribution in [0.25, 0.3) is 5.65 Å². The molecule has 88 valence electrons. The predicted octanol–water partition coefficient (Wildman–Crippen LogP) is -0.570. The minimum absolute atomic E-state index is 0.318. The van der Waals surface area contributed by atoms with Gasteiger partial charge >= 0.3 is 5.97 Å². The number of aliphatic carboxylic acids is 1. The number of anilines is 1. The zero-order valence-electron chi connectivity index (χ0n) is 8.89. The van der Waals surface area contributed by atoms with E-state index in [0.717, 1.165) is 0 Å². The van der Waals surface area contributed by atoms with Crippen LogP contribution in [0.2, 0.25) is 0 Å². The van der Waals surface area contributed by atoms with Crippen molar-refractivity contribution in [3.05, 3.63) is 12.1 Å². The van der Waals surface area contributed by atoms with Crippen LogP contribution in [0.3, 0.4) is 0 Å². The van der Waals surface area contributed by atoms with Crippen molar-refractivity contribution in [3.8, 4) is 0 Å². The highest BCUT2D eigenvalue weighted by Gasteiger charge is 2.28. The molecular formula is C9H10N6O2. The number of hydrogen-bond acceptors (Lipinski definition) is 6. The van der Waals surface area contributed by atoms with E-state index in [2.05, 4.69) is 20.6 Å². The van der Waals surface area contributed by atoms with E-state index in [1.807, 2.05) is 4.90 Å². The van der Waals surface area contributed by atoms with E-state index in [1.165, 1.54) is 4.63 Å². The summed E-state index contributed by atoms with van der Waals surface area (Å²) < 4.78 is 1.34. The Morgan fingerprint density at radius 3 is 3.12 bits per heavy atom. The monoisotopic (exact) mass is 234 g/mol. The van der Waals surface area contributed by atoms with E-state index in [9.17, 15) is 4.79 Å². The first-order valence-electron chi connectivity index (χ1n) is 5.27.